The summed E-state index contributed by atoms with van der Waals surface area (Å²) in [6.45, 7) is 0.254. The minimum absolute atomic E-state index is 0.254. The zero-order chi connectivity index (χ0) is 13.7. The number of aliphatic hydroxyl groups is 1. The highest BCUT2D eigenvalue weighted by atomic mass is 19.1. The molecule has 0 radical (unpaired) electrons. The summed E-state index contributed by atoms with van der Waals surface area (Å²) in [6, 6.07) is 11.0. The molecule has 19 heavy (non-hydrogen) atoms. The van der Waals surface area contributed by atoms with Gasteiger partial charge in [0.05, 0.1) is 11.3 Å². The maximum atomic E-state index is 12.7. The number of aliphatic hydroxyl groups excluding tert-OH is 1. The van der Waals surface area contributed by atoms with Crippen molar-refractivity contribution in [3.63, 3.8) is 0 Å². The number of hydrogen-bond acceptors (Lipinski definition) is 4. The van der Waals surface area contributed by atoms with Crippen LogP contribution < -0.4 is 5.32 Å². The lowest BCUT2D eigenvalue weighted by Gasteiger charge is -2.12. The van der Waals surface area contributed by atoms with E-state index in [-0.39, 0.29) is 12.4 Å². The molecule has 2 rings (SSSR count). The Morgan fingerprint density at radius 1 is 1.26 bits per heavy atom. The molecule has 2 aromatic rings. The van der Waals surface area contributed by atoms with Crippen molar-refractivity contribution < 1.29 is 9.50 Å². The molecule has 5 heteroatoms. The van der Waals surface area contributed by atoms with E-state index in [1.165, 1.54) is 18.3 Å². The van der Waals surface area contributed by atoms with E-state index in [9.17, 15) is 9.50 Å². The fourth-order valence-corrected chi connectivity index (χ4v) is 1.56. The van der Waals surface area contributed by atoms with Crippen LogP contribution in [0.15, 0.2) is 42.6 Å². The number of nitriles is 1. The lowest BCUT2D eigenvalue weighted by atomic mass is 10.2. The minimum Gasteiger partial charge on any atom is -0.385 e. The van der Waals surface area contributed by atoms with Crippen molar-refractivity contribution in [2.45, 2.75) is 6.10 Å². The Bertz CT molecular complexity index is 575. The van der Waals surface area contributed by atoms with Crippen LogP contribution in [0.3, 0.4) is 0 Å². The van der Waals surface area contributed by atoms with Gasteiger partial charge in [0.2, 0.25) is 0 Å². The maximum absolute atomic E-state index is 12.7. The number of nitrogens with zero attached hydrogens (tertiary/aromatic N) is 2. The Morgan fingerprint density at radius 2 is 2.00 bits per heavy atom. The molecule has 0 fully saturated rings. The summed E-state index contributed by atoms with van der Waals surface area (Å²) in [5.41, 5.74) is 1.64. The Balaban J connectivity index is 1.95. The largest absolute Gasteiger partial charge is 0.385 e. The van der Waals surface area contributed by atoms with Gasteiger partial charge in [-0.05, 0) is 36.4 Å². The average Bonchev–Trinajstić information content (AvgIpc) is 2.46. The number of rotatable bonds is 4. The van der Waals surface area contributed by atoms with Gasteiger partial charge >= 0.3 is 0 Å². The minimum atomic E-state index is -0.794. The highest BCUT2D eigenvalue weighted by molar-refractivity contribution is 5.43. The first-order valence-electron chi connectivity index (χ1n) is 5.72. The van der Waals surface area contributed by atoms with E-state index in [4.69, 9.17) is 5.26 Å². The van der Waals surface area contributed by atoms with Crippen LogP contribution in [-0.2, 0) is 0 Å². The predicted molar refractivity (Wildman–Crippen MR) is 68.8 cm³/mol. The maximum Gasteiger partial charge on any atom is 0.123 e. The molecule has 0 saturated carbocycles. The molecule has 96 valence electrons. The van der Waals surface area contributed by atoms with Crippen molar-refractivity contribution in [3.05, 3.63) is 59.7 Å². The summed E-state index contributed by atoms with van der Waals surface area (Å²) in [7, 11) is 0. The molecule has 1 aromatic heterocycles. The first-order chi connectivity index (χ1) is 9.19. The van der Waals surface area contributed by atoms with Crippen LogP contribution in [0.4, 0.5) is 10.1 Å². The molecule has 0 amide bonds. The Hall–Kier alpha value is -2.45. The van der Waals surface area contributed by atoms with Crippen LogP contribution in [0.2, 0.25) is 0 Å². The topological polar surface area (TPSA) is 68.9 Å². The molecule has 4 nitrogen and oxygen atoms in total. The zero-order valence-corrected chi connectivity index (χ0v) is 10.0. The lowest BCUT2D eigenvalue weighted by molar-refractivity contribution is 0.187. The molecule has 0 saturated heterocycles. The number of benzene rings is 1. The van der Waals surface area contributed by atoms with Crippen molar-refractivity contribution >= 4 is 5.69 Å². The summed E-state index contributed by atoms with van der Waals surface area (Å²) < 4.78 is 12.7. The van der Waals surface area contributed by atoms with Gasteiger partial charge < -0.3 is 10.4 Å². The van der Waals surface area contributed by atoms with Gasteiger partial charge in [0.15, 0.2) is 0 Å². The molecule has 0 unspecified atom stereocenters. The molecule has 0 spiro atoms. The SMILES string of the molecule is N#Cc1ccc([C@H](O)CNc2ccc(F)cc2)nc1. The third-order valence-corrected chi connectivity index (χ3v) is 2.60. The van der Waals surface area contributed by atoms with Gasteiger partial charge in [0.25, 0.3) is 0 Å². The van der Waals surface area contributed by atoms with Gasteiger partial charge in [-0.1, -0.05) is 0 Å². The average molecular weight is 257 g/mol. The first-order valence-corrected chi connectivity index (χ1v) is 5.72. The van der Waals surface area contributed by atoms with Gasteiger partial charge in [-0.3, -0.25) is 4.98 Å². The molecule has 0 aliphatic carbocycles. The normalized spacial score (nSPS) is 11.6. The summed E-state index contributed by atoms with van der Waals surface area (Å²) in [5, 5.41) is 21.5. The monoisotopic (exact) mass is 257 g/mol. The van der Waals surface area contributed by atoms with Crippen molar-refractivity contribution in [2.75, 3.05) is 11.9 Å². The second-order valence-corrected chi connectivity index (χ2v) is 3.99. The number of pyridine rings is 1. The number of halogens is 1. The third kappa shape index (κ3) is 3.50. The van der Waals surface area contributed by atoms with E-state index in [0.717, 1.165) is 0 Å². The van der Waals surface area contributed by atoms with Crippen molar-refractivity contribution in [2.24, 2.45) is 0 Å². The number of nitrogens with one attached hydrogen (secondary N) is 1. The Kier molecular flexibility index (Phi) is 4.06. The molecule has 0 bridgehead atoms. The fourth-order valence-electron chi connectivity index (χ4n) is 1.56. The summed E-state index contributed by atoms with van der Waals surface area (Å²) >= 11 is 0. The van der Waals surface area contributed by atoms with E-state index in [1.807, 2.05) is 6.07 Å². The highest BCUT2D eigenvalue weighted by Gasteiger charge is 2.08. The van der Waals surface area contributed by atoms with E-state index in [1.54, 1.807) is 24.3 Å². The number of anilines is 1. The standard InChI is InChI=1S/C14H12FN3O/c15-11-2-4-12(5-3-11)17-9-14(19)13-6-1-10(7-16)8-18-13/h1-6,8,14,17,19H,9H2/t14-/m1/s1. The van der Waals surface area contributed by atoms with Gasteiger partial charge in [-0.15, -0.1) is 0 Å². The highest BCUT2D eigenvalue weighted by Crippen LogP contribution is 2.13. The molecule has 1 aromatic carbocycles. The van der Waals surface area contributed by atoms with Crippen LogP contribution in [-0.4, -0.2) is 16.6 Å². The summed E-state index contributed by atoms with van der Waals surface area (Å²) in [6.07, 6.45) is 0.619. The molecule has 1 heterocycles. The van der Waals surface area contributed by atoms with Gasteiger partial charge in [-0.2, -0.15) is 5.26 Å². The van der Waals surface area contributed by atoms with Crippen LogP contribution in [0.5, 0.6) is 0 Å². The number of hydrogen-bond donors (Lipinski definition) is 2. The molecular formula is C14H12FN3O. The summed E-state index contributed by atoms with van der Waals surface area (Å²) in [4.78, 5) is 4.00. The van der Waals surface area contributed by atoms with Crippen molar-refractivity contribution in [3.8, 4) is 6.07 Å². The van der Waals surface area contributed by atoms with E-state index >= 15 is 0 Å². The quantitative estimate of drug-likeness (QED) is 0.881. The van der Waals surface area contributed by atoms with Crippen LogP contribution in [0, 0.1) is 17.1 Å². The Labute approximate surface area is 110 Å². The van der Waals surface area contributed by atoms with Gasteiger partial charge in [0, 0.05) is 18.4 Å². The van der Waals surface area contributed by atoms with Crippen LogP contribution in [0.1, 0.15) is 17.4 Å². The van der Waals surface area contributed by atoms with E-state index in [2.05, 4.69) is 10.3 Å². The molecule has 2 N–H and O–H groups in total. The van der Waals surface area contributed by atoms with Crippen LogP contribution >= 0.6 is 0 Å². The van der Waals surface area contributed by atoms with Gasteiger partial charge in [0.1, 0.15) is 18.0 Å². The Morgan fingerprint density at radius 3 is 2.58 bits per heavy atom. The van der Waals surface area contributed by atoms with Crippen LogP contribution in [0.25, 0.3) is 0 Å². The zero-order valence-electron chi connectivity index (χ0n) is 10.0. The molecule has 1 atom stereocenters. The van der Waals surface area contributed by atoms with Crippen molar-refractivity contribution in [1.82, 2.24) is 4.98 Å². The second kappa shape index (κ2) is 5.94. The third-order valence-electron chi connectivity index (χ3n) is 2.60. The van der Waals surface area contributed by atoms with E-state index < -0.39 is 6.10 Å². The molecule has 0 aliphatic heterocycles. The lowest BCUT2D eigenvalue weighted by Crippen LogP contribution is -2.13. The predicted octanol–water partition coefficient (Wildman–Crippen LogP) is 2.24. The smallest absolute Gasteiger partial charge is 0.123 e. The first kappa shape index (κ1) is 13.0. The fraction of sp³-hybridized carbons (Fsp3) is 0.143. The second-order valence-electron chi connectivity index (χ2n) is 3.99. The molecular weight excluding hydrogens is 245 g/mol. The number of aromatic nitrogens is 1. The summed E-state index contributed by atoms with van der Waals surface area (Å²) in [5.74, 6) is -0.306. The van der Waals surface area contributed by atoms with E-state index in [0.29, 0.717) is 16.9 Å². The molecule has 0 aliphatic rings. The van der Waals surface area contributed by atoms with Gasteiger partial charge in [-0.25, -0.2) is 4.39 Å². The van der Waals surface area contributed by atoms with Crippen molar-refractivity contribution in [1.29, 1.82) is 5.26 Å².